The number of anilines is 2. The van der Waals surface area contributed by atoms with Crippen LogP contribution in [0.3, 0.4) is 0 Å². The lowest BCUT2D eigenvalue weighted by molar-refractivity contribution is 0.232. The third-order valence-corrected chi connectivity index (χ3v) is 5.19. The Morgan fingerprint density at radius 1 is 0.967 bits per heavy atom. The number of nitrogens with one attached hydrogen (secondary N) is 3. The van der Waals surface area contributed by atoms with Crippen LogP contribution in [-0.4, -0.2) is 31.2 Å². The number of para-hydroxylation sites is 1. The Kier molecular flexibility index (Phi) is 8.06. The van der Waals surface area contributed by atoms with E-state index in [0.717, 1.165) is 25.7 Å². The lowest BCUT2D eigenvalue weighted by Crippen LogP contribution is -2.44. The summed E-state index contributed by atoms with van der Waals surface area (Å²) in [6.07, 6.45) is 6.20. The lowest BCUT2D eigenvalue weighted by Gasteiger charge is -2.24. The SMILES string of the molecule is O=C(NCCCN(C(=O)Nc1ccccc1)c1ccc(F)cc1)NC1CCCCC1. The van der Waals surface area contributed by atoms with Crippen LogP contribution in [-0.2, 0) is 0 Å². The van der Waals surface area contributed by atoms with Crippen molar-refractivity contribution in [2.24, 2.45) is 0 Å². The van der Waals surface area contributed by atoms with E-state index in [0.29, 0.717) is 30.9 Å². The van der Waals surface area contributed by atoms with Gasteiger partial charge in [-0.15, -0.1) is 0 Å². The molecule has 1 aliphatic rings. The summed E-state index contributed by atoms with van der Waals surface area (Å²) in [5, 5.41) is 8.73. The Morgan fingerprint density at radius 3 is 2.37 bits per heavy atom. The number of urea groups is 2. The summed E-state index contributed by atoms with van der Waals surface area (Å²) < 4.78 is 13.3. The van der Waals surface area contributed by atoms with E-state index in [-0.39, 0.29) is 23.9 Å². The zero-order chi connectivity index (χ0) is 21.2. The Hall–Kier alpha value is -3.09. The molecule has 0 heterocycles. The number of benzene rings is 2. The first kappa shape index (κ1) is 21.6. The fraction of sp³-hybridized carbons (Fsp3) is 0.391. The van der Waals surface area contributed by atoms with Gasteiger partial charge in [-0.2, -0.15) is 0 Å². The van der Waals surface area contributed by atoms with Crippen LogP contribution in [0.15, 0.2) is 54.6 Å². The molecule has 0 spiro atoms. The summed E-state index contributed by atoms with van der Waals surface area (Å²) >= 11 is 0. The molecule has 0 unspecified atom stereocenters. The molecule has 0 aliphatic heterocycles. The van der Waals surface area contributed by atoms with Gasteiger partial charge in [-0.3, -0.25) is 4.90 Å². The van der Waals surface area contributed by atoms with Gasteiger partial charge in [0, 0.05) is 30.5 Å². The van der Waals surface area contributed by atoms with E-state index in [4.69, 9.17) is 0 Å². The number of rotatable bonds is 7. The second-order valence-electron chi connectivity index (χ2n) is 7.51. The first-order chi connectivity index (χ1) is 14.6. The van der Waals surface area contributed by atoms with E-state index >= 15 is 0 Å². The third kappa shape index (κ3) is 6.76. The minimum absolute atomic E-state index is 0.163. The number of carbonyl (C=O) groups excluding carboxylic acids is 2. The van der Waals surface area contributed by atoms with Gasteiger partial charge in [0.2, 0.25) is 0 Å². The minimum Gasteiger partial charge on any atom is -0.338 e. The van der Waals surface area contributed by atoms with Gasteiger partial charge in [0.15, 0.2) is 0 Å². The molecular weight excluding hydrogens is 383 g/mol. The van der Waals surface area contributed by atoms with Crippen LogP contribution < -0.4 is 20.9 Å². The van der Waals surface area contributed by atoms with Gasteiger partial charge < -0.3 is 16.0 Å². The average Bonchev–Trinajstić information content (AvgIpc) is 2.76. The average molecular weight is 413 g/mol. The molecule has 2 aromatic rings. The lowest BCUT2D eigenvalue weighted by atomic mass is 9.96. The molecular formula is C23H29FN4O2. The predicted octanol–water partition coefficient (Wildman–Crippen LogP) is 4.89. The normalized spacial score (nSPS) is 14.0. The quantitative estimate of drug-likeness (QED) is 0.567. The summed E-state index contributed by atoms with van der Waals surface area (Å²) in [7, 11) is 0. The van der Waals surface area contributed by atoms with E-state index in [9.17, 15) is 14.0 Å². The van der Waals surface area contributed by atoms with Gasteiger partial charge in [-0.05, 0) is 55.7 Å². The summed E-state index contributed by atoms with van der Waals surface area (Å²) in [5.41, 5.74) is 1.27. The molecule has 1 aliphatic carbocycles. The van der Waals surface area contributed by atoms with E-state index in [1.54, 1.807) is 29.2 Å². The molecule has 0 bridgehead atoms. The van der Waals surface area contributed by atoms with Gasteiger partial charge >= 0.3 is 12.1 Å². The van der Waals surface area contributed by atoms with Crippen molar-refractivity contribution in [3.8, 4) is 0 Å². The topological polar surface area (TPSA) is 73.5 Å². The Balaban J connectivity index is 1.52. The molecule has 4 amide bonds. The molecule has 160 valence electrons. The van der Waals surface area contributed by atoms with Crippen molar-refractivity contribution in [3.05, 3.63) is 60.4 Å². The van der Waals surface area contributed by atoms with Gasteiger partial charge in [-0.1, -0.05) is 37.5 Å². The summed E-state index contributed by atoms with van der Waals surface area (Å²) in [6, 6.07) is 14.7. The fourth-order valence-electron chi connectivity index (χ4n) is 3.60. The molecule has 0 radical (unpaired) electrons. The second-order valence-corrected chi connectivity index (χ2v) is 7.51. The smallest absolute Gasteiger partial charge is 0.326 e. The van der Waals surface area contributed by atoms with Gasteiger partial charge in [0.25, 0.3) is 0 Å². The molecule has 1 fully saturated rings. The Morgan fingerprint density at radius 2 is 1.67 bits per heavy atom. The van der Waals surface area contributed by atoms with Crippen LogP contribution in [0.25, 0.3) is 0 Å². The highest BCUT2D eigenvalue weighted by Gasteiger charge is 2.17. The third-order valence-electron chi connectivity index (χ3n) is 5.19. The van der Waals surface area contributed by atoms with Crippen molar-refractivity contribution in [2.45, 2.75) is 44.6 Å². The Labute approximate surface area is 176 Å². The van der Waals surface area contributed by atoms with Crippen LogP contribution in [0.2, 0.25) is 0 Å². The molecule has 2 aromatic carbocycles. The van der Waals surface area contributed by atoms with E-state index < -0.39 is 0 Å². The van der Waals surface area contributed by atoms with Crippen molar-refractivity contribution >= 4 is 23.4 Å². The van der Waals surface area contributed by atoms with Crippen molar-refractivity contribution in [2.75, 3.05) is 23.3 Å². The van der Waals surface area contributed by atoms with E-state index in [1.807, 2.05) is 18.2 Å². The van der Waals surface area contributed by atoms with Crippen molar-refractivity contribution in [3.63, 3.8) is 0 Å². The molecule has 3 rings (SSSR count). The largest absolute Gasteiger partial charge is 0.338 e. The molecule has 7 heteroatoms. The van der Waals surface area contributed by atoms with E-state index in [2.05, 4.69) is 16.0 Å². The maximum atomic E-state index is 13.3. The minimum atomic E-state index is -0.358. The number of carbonyl (C=O) groups is 2. The fourth-order valence-corrected chi connectivity index (χ4v) is 3.60. The zero-order valence-electron chi connectivity index (χ0n) is 17.1. The molecule has 0 atom stereocenters. The molecule has 0 aromatic heterocycles. The maximum absolute atomic E-state index is 13.3. The van der Waals surface area contributed by atoms with Crippen molar-refractivity contribution in [1.29, 1.82) is 0 Å². The number of amides is 4. The number of hydrogen-bond donors (Lipinski definition) is 3. The van der Waals surface area contributed by atoms with Crippen molar-refractivity contribution in [1.82, 2.24) is 10.6 Å². The standard InChI is InChI=1S/C23H29FN4O2/c24-18-12-14-21(15-13-18)28(23(30)27-20-10-5-2-6-11-20)17-7-16-25-22(29)26-19-8-3-1-4-9-19/h2,5-6,10-15,19H,1,3-4,7-9,16-17H2,(H,27,30)(H2,25,26,29). The summed E-state index contributed by atoms with van der Waals surface area (Å²) in [6.45, 7) is 0.822. The van der Waals surface area contributed by atoms with Crippen LogP contribution >= 0.6 is 0 Å². The Bertz CT molecular complexity index is 808. The molecule has 0 saturated heterocycles. The first-order valence-electron chi connectivity index (χ1n) is 10.6. The molecule has 3 N–H and O–H groups in total. The summed E-state index contributed by atoms with van der Waals surface area (Å²) in [4.78, 5) is 26.4. The van der Waals surface area contributed by atoms with Crippen LogP contribution in [0.1, 0.15) is 38.5 Å². The van der Waals surface area contributed by atoms with Crippen LogP contribution in [0.5, 0.6) is 0 Å². The highest BCUT2D eigenvalue weighted by Crippen LogP contribution is 2.18. The number of nitrogens with zero attached hydrogens (tertiary/aromatic N) is 1. The van der Waals surface area contributed by atoms with Gasteiger partial charge in [-0.25, -0.2) is 14.0 Å². The van der Waals surface area contributed by atoms with Gasteiger partial charge in [0.1, 0.15) is 5.82 Å². The zero-order valence-corrected chi connectivity index (χ0v) is 17.1. The van der Waals surface area contributed by atoms with E-state index in [1.165, 1.54) is 18.6 Å². The predicted molar refractivity (Wildman–Crippen MR) is 117 cm³/mol. The first-order valence-corrected chi connectivity index (χ1v) is 10.6. The number of hydrogen-bond acceptors (Lipinski definition) is 2. The molecule has 1 saturated carbocycles. The maximum Gasteiger partial charge on any atom is 0.326 e. The highest BCUT2D eigenvalue weighted by atomic mass is 19.1. The molecule has 6 nitrogen and oxygen atoms in total. The monoisotopic (exact) mass is 412 g/mol. The van der Waals surface area contributed by atoms with Crippen LogP contribution in [0, 0.1) is 5.82 Å². The second kappa shape index (κ2) is 11.2. The number of halogens is 1. The van der Waals surface area contributed by atoms with Crippen molar-refractivity contribution < 1.29 is 14.0 Å². The molecule has 30 heavy (non-hydrogen) atoms. The highest BCUT2D eigenvalue weighted by molar-refractivity contribution is 6.01. The van der Waals surface area contributed by atoms with Crippen LogP contribution in [0.4, 0.5) is 25.4 Å². The summed E-state index contributed by atoms with van der Waals surface area (Å²) in [5.74, 6) is -0.358. The van der Waals surface area contributed by atoms with Gasteiger partial charge in [0.05, 0.1) is 0 Å².